The molecule has 1 amide bonds. The average molecular weight is 449 g/mol. The molecule has 0 bridgehead atoms. The number of anilines is 3. The molecular weight excluding hydrogens is 428 g/mol. The van der Waals surface area contributed by atoms with Crippen molar-refractivity contribution in [2.45, 2.75) is 0 Å². The number of nitrogens with one attached hydrogen (secondary N) is 1. The Bertz CT molecular complexity index is 1330. The van der Waals surface area contributed by atoms with Crippen molar-refractivity contribution in [3.63, 3.8) is 0 Å². The molecule has 0 spiro atoms. The minimum atomic E-state index is -0.0624. The zero-order valence-electron chi connectivity index (χ0n) is 17.8. The quantitative estimate of drug-likeness (QED) is 0.319. The molecule has 4 aromatic rings. The van der Waals surface area contributed by atoms with Gasteiger partial charge >= 0.3 is 0 Å². The smallest absolute Gasteiger partial charge is 0.262 e. The summed E-state index contributed by atoms with van der Waals surface area (Å²) in [6, 6.07) is 35.3. The molecule has 33 heavy (non-hydrogen) atoms. The number of para-hydroxylation sites is 1. The van der Waals surface area contributed by atoms with Gasteiger partial charge in [-0.15, -0.1) is 0 Å². The lowest BCUT2D eigenvalue weighted by Crippen LogP contribution is -2.24. The molecule has 3 nitrogen and oxygen atoms in total. The van der Waals surface area contributed by atoms with Gasteiger partial charge in [0.1, 0.15) is 0 Å². The van der Waals surface area contributed by atoms with Crippen LogP contribution in [0.2, 0.25) is 5.02 Å². The van der Waals surface area contributed by atoms with Crippen molar-refractivity contribution in [2.24, 2.45) is 0 Å². The van der Waals surface area contributed by atoms with Crippen LogP contribution in [0.4, 0.5) is 17.1 Å². The summed E-state index contributed by atoms with van der Waals surface area (Å²) in [5.41, 5.74) is 6.17. The van der Waals surface area contributed by atoms with Crippen molar-refractivity contribution in [3.8, 4) is 0 Å². The van der Waals surface area contributed by atoms with Gasteiger partial charge in [0.25, 0.3) is 5.91 Å². The molecule has 4 aromatic carbocycles. The Hall–Kier alpha value is -4.08. The number of nitrogens with zero attached hydrogens (tertiary/aromatic N) is 1. The molecule has 0 fully saturated rings. The third-order valence-electron chi connectivity index (χ3n) is 5.43. The van der Waals surface area contributed by atoms with E-state index in [9.17, 15) is 4.79 Å². The first-order chi connectivity index (χ1) is 16.2. The third kappa shape index (κ3) is 4.59. The first-order valence-electron chi connectivity index (χ1n) is 10.7. The highest BCUT2D eigenvalue weighted by Crippen LogP contribution is 2.36. The number of hydrogen-bond donors (Lipinski definition) is 1. The van der Waals surface area contributed by atoms with Gasteiger partial charge in [0.05, 0.1) is 5.70 Å². The second-order valence-corrected chi connectivity index (χ2v) is 8.16. The number of amides is 1. The van der Waals surface area contributed by atoms with Crippen molar-refractivity contribution in [1.29, 1.82) is 0 Å². The highest BCUT2D eigenvalue weighted by Gasteiger charge is 2.30. The summed E-state index contributed by atoms with van der Waals surface area (Å²) in [6.45, 7) is 0. The molecule has 1 aliphatic rings. The van der Waals surface area contributed by atoms with Crippen molar-refractivity contribution in [1.82, 2.24) is 0 Å². The van der Waals surface area contributed by atoms with Gasteiger partial charge in [-0.05, 0) is 71.8 Å². The predicted octanol–water partition coefficient (Wildman–Crippen LogP) is 7.55. The molecular formula is C29H21ClN2O. The van der Waals surface area contributed by atoms with Crippen LogP contribution < -0.4 is 10.2 Å². The minimum Gasteiger partial charge on any atom is -0.356 e. The van der Waals surface area contributed by atoms with Crippen LogP contribution in [-0.4, -0.2) is 5.91 Å². The number of hydrogen-bond acceptors (Lipinski definition) is 2. The molecule has 0 atom stereocenters. The van der Waals surface area contributed by atoms with Gasteiger partial charge in [0.2, 0.25) is 0 Å². The third-order valence-corrected chi connectivity index (χ3v) is 5.68. The Morgan fingerprint density at radius 1 is 0.697 bits per heavy atom. The van der Waals surface area contributed by atoms with Crippen LogP contribution in [0.15, 0.2) is 121 Å². The molecule has 5 rings (SSSR count). The standard InChI is InChI=1S/C29H21ClN2O/c30-24-13-11-21(12-14-24)19-23-20-28(22-7-3-1-4-8-22)32(29(23)33)27-17-15-26(16-18-27)31-25-9-5-2-6-10-25/h1-20,31H. The maximum Gasteiger partial charge on any atom is 0.262 e. The number of carbonyl (C=O) groups excluding carboxylic acids is 1. The Labute approximate surface area is 198 Å². The second kappa shape index (κ2) is 9.19. The molecule has 1 heterocycles. The SMILES string of the molecule is O=C1C(=Cc2ccc(Cl)cc2)C=C(c2ccccc2)N1c1ccc(Nc2ccccc2)cc1. The number of halogens is 1. The normalized spacial score (nSPS) is 14.5. The molecule has 1 N–H and O–H groups in total. The largest absolute Gasteiger partial charge is 0.356 e. The molecule has 0 unspecified atom stereocenters. The van der Waals surface area contributed by atoms with E-state index in [1.165, 1.54) is 0 Å². The summed E-state index contributed by atoms with van der Waals surface area (Å²) in [5.74, 6) is -0.0624. The highest BCUT2D eigenvalue weighted by atomic mass is 35.5. The summed E-state index contributed by atoms with van der Waals surface area (Å²) in [4.78, 5) is 15.3. The average Bonchev–Trinajstić information content (AvgIpc) is 3.18. The van der Waals surface area contributed by atoms with Gasteiger partial charge < -0.3 is 5.32 Å². The van der Waals surface area contributed by atoms with Crippen LogP contribution >= 0.6 is 11.6 Å². The van der Waals surface area contributed by atoms with Gasteiger partial charge in [0, 0.05) is 27.7 Å². The van der Waals surface area contributed by atoms with Crippen LogP contribution in [-0.2, 0) is 4.79 Å². The zero-order chi connectivity index (χ0) is 22.6. The topological polar surface area (TPSA) is 32.3 Å². The lowest BCUT2D eigenvalue weighted by Gasteiger charge is -2.21. The lowest BCUT2D eigenvalue weighted by atomic mass is 10.1. The first-order valence-corrected chi connectivity index (χ1v) is 11.1. The fourth-order valence-electron chi connectivity index (χ4n) is 3.81. The van der Waals surface area contributed by atoms with E-state index >= 15 is 0 Å². The molecule has 160 valence electrons. The second-order valence-electron chi connectivity index (χ2n) is 7.73. The van der Waals surface area contributed by atoms with Crippen molar-refractivity contribution in [2.75, 3.05) is 10.2 Å². The molecule has 0 saturated heterocycles. The summed E-state index contributed by atoms with van der Waals surface area (Å²) in [5, 5.41) is 4.05. The van der Waals surface area contributed by atoms with Crippen molar-refractivity contribution < 1.29 is 4.79 Å². The van der Waals surface area contributed by atoms with Gasteiger partial charge in [-0.3, -0.25) is 9.69 Å². The number of carbonyl (C=O) groups is 1. The Kier molecular flexibility index (Phi) is 5.79. The number of benzene rings is 4. The maximum atomic E-state index is 13.5. The van der Waals surface area contributed by atoms with Crippen molar-refractivity contribution in [3.05, 3.63) is 137 Å². The molecule has 0 saturated carbocycles. The van der Waals surface area contributed by atoms with E-state index in [0.29, 0.717) is 10.6 Å². The summed E-state index contributed by atoms with van der Waals surface area (Å²) < 4.78 is 0. The summed E-state index contributed by atoms with van der Waals surface area (Å²) >= 11 is 6.01. The van der Waals surface area contributed by atoms with Crippen LogP contribution in [0.5, 0.6) is 0 Å². The van der Waals surface area contributed by atoms with E-state index in [1.807, 2.05) is 121 Å². The molecule has 4 heteroatoms. The fraction of sp³-hybridized carbons (Fsp3) is 0. The zero-order valence-corrected chi connectivity index (χ0v) is 18.5. The van der Waals surface area contributed by atoms with Crippen molar-refractivity contribution >= 4 is 46.3 Å². The Morgan fingerprint density at radius 2 is 1.30 bits per heavy atom. The molecule has 0 aliphatic carbocycles. The molecule has 0 aromatic heterocycles. The summed E-state index contributed by atoms with van der Waals surface area (Å²) in [7, 11) is 0. The van der Waals surface area contributed by atoms with Gasteiger partial charge in [-0.2, -0.15) is 0 Å². The Balaban J connectivity index is 1.49. The first kappa shape index (κ1) is 20.8. The minimum absolute atomic E-state index is 0.0624. The maximum absolute atomic E-state index is 13.5. The monoisotopic (exact) mass is 448 g/mol. The van der Waals surface area contributed by atoms with Crippen LogP contribution in [0.3, 0.4) is 0 Å². The fourth-order valence-corrected chi connectivity index (χ4v) is 3.94. The van der Waals surface area contributed by atoms with E-state index in [2.05, 4.69) is 5.32 Å². The lowest BCUT2D eigenvalue weighted by molar-refractivity contribution is -0.113. The van der Waals surface area contributed by atoms with Crippen LogP contribution in [0, 0.1) is 0 Å². The van der Waals surface area contributed by atoms with Crippen LogP contribution in [0.25, 0.3) is 11.8 Å². The van der Waals surface area contributed by atoms with E-state index in [4.69, 9.17) is 11.6 Å². The number of rotatable bonds is 5. The van der Waals surface area contributed by atoms with E-state index in [-0.39, 0.29) is 5.91 Å². The van der Waals surface area contributed by atoms with Gasteiger partial charge in [-0.25, -0.2) is 0 Å². The summed E-state index contributed by atoms with van der Waals surface area (Å²) in [6.07, 6.45) is 3.84. The Morgan fingerprint density at radius 3 is 1.97 bits per heavy atom. The van der Waals surface area contributed by atoms with Gasteiger partial charge in [-0.1, -0.05) is 72.3 Å². The highest BCUT2D eigenvalue weighted by molar-refractivity contribution is 6.30. The van der Waals surface area contributed by atoms with E-state index in [0.717, 1.165) is 33.9 Å². The van der Waals surface area contributed by atoms with Crippen LogP contribution in [0.1, 0.15) is 11.1 Å². The molecule has 0 radical (unpaired) electrons. The predicted molar refractivity (Wildman–Crippen MR) is 138 cm³/mol. The van der Waals surface area contributed by atoms with Gasteiger partial charge in [0.15, 0.2) is 0 Å². The molecule has 1 aliphatic heterocycles. The van der Waals surface area contributed by atoms with E-state index in [1.54, 1.807) is 4.90 Å². The van der Waals surface area contributed by atoms with E-state index < -0.39 is 0 Å².